The van der Waals surface area contributed by atoms with Gasteiger partial charge >= 0.3 is 0 Å². The van der Waals surface area contributed by atoms with Crippen molar-refractivity contribution >= 4 is 54.0 Å². The molecule has 0 amide bonds. The maximum absolute atomic E-state index is 3.96. The molecule has 1 heterocycles. The SMILES string of the molecule is Cc1ccc(Nc2nnc(Br)s2)cc1Br. The summed E-state index contributed by atoms with van der Waals surface area (Å²) in [6.45, 7) is 2.05. The molecule has 1 N–H and O–H groups in total. The first kappa shape index (κ1) is 11.0. The Bertz CT molecular complexity index is 484. The molecule has 0 atom stereocenters. The van der Waals surface area contributed by atoms with E-state index in [2.05, 4.69) is 54.3 Å². The Morgan fingerprint density at radius 3 is 2.67 bits per heavy atom. The molecule has 15 heavy (non-hydrogen) atoms. The second kappa shape index (κ2) is 4.59. The second-order valence-electron chi connectivity index (χ2n) is 2.95. The van der Waals surface area contributed by atoms with Crippen molar-refractivity contribution in [2.24, 2.45) is 0 Å². The zero-order chi connectivity index (χ0) is 10.8. The van der Waals surface area contributed by atoms with E-state index in [1.807, 2.05) is 18.2 Å². The van der Waals surface area contributed by atoms with E-state index >= 15 is 0 Å². The third-order valence-corrected chi connectivity index (χ3v) is 3.95. The van der Waals surface area contributed by atoms with Gasteiger partial charge in [0, 0.05) is 10.2 Å². The highest BCUT2D eigenvalue weighted by Gasteiger charge is 2.02. The molecule has 0 aliphatic heterocycles. The Kier molecular flexibility index (Phi) is 3.38. The Morgan fingerprint density at radius 1 is 1.27 bits per heavy atom. The van der Waals surface area contributed by atoms with Gasteiger partial charge in [0.15, 0.2) is 3.92 Å². The fourth-order valence-electron chi connectivity index (χ4n) is 1.05. The Hall–Kier alpha value is -0.460. The van der Waals surface area contributed by atoms with Crippen LogP contribution in [0.2, 0.25) is 0 Å². The smallest absolute Gasteiger partial charge is 0.210 e. The van der Waals surface area contributed by atoms with Crippen molar-refractivity contribution in [2.75, 3.05) is 5.32 Å². The predicted molar refractivity (Wildman–Crippen MR) is 69.8 cm³/mol. The monoisotopic (exact) mass is 347 g/mol. The van der Waals surface area contributed by atoms with Gasteiger partial charge in [-0.3, -0.25) is 0 Å². The van der Waals surface area contributed by atoms with Crippen LogP contribution < -0.4 is 5.32 Å². The van der Waals surface area contributed by atoms with E-state index in [-0.39, 0.29) is 0 Å². The van der Waals surface area contributed by atoms with Crippen LogP contribution >= 0.6 is 43.2 Å². The lowest BCUT2D eigenvalue weighted by molar-refractivity contribution is 1.07. The standard InChI is InChI=1S/C9H7Br2N3S/c1-5-2-3-6(4-7(5)10)12-9-14-13-8(11)15-9/h2-4H,1H3,(H,12,14). The van der Waals surface area contributed by atoms with E-state index in [1.165, 1.54) is 16.9 Å². The number of benzene rings is 1. The van der Waals surface area contributed by atoms with Crippen LogP contribution in [-0.2, 0) is 0 Å². The molecule has 0 bridgehead atoms. The van der Waals surface area contributed by atoms with Gasteiger partial charge in [0.2, 0.25) is 5.13 Å². The molecule has 0 saturated heterocycles. The molecule has 0 unspecified atom stereocenters. The van der Waals surface area contributed by atoms with Gasteiger partial charge in [0.1, 0.15) is 0 Å². The molecule has 0 spiro atoms. The fraction of sp³-hybridized carbons (Fsp3) is 0.111. The first-order valence-corrected chi connectivity index (χ1v) is 6.57. The minimum Gasteiger partial charge on any atom is -0.330 e. The van der Waals surface area contributed by atoms with Crippen LogP contribution in [-0.4, -0.2) is 10.2 Å². The number of aryl methyl sites for hydroxylation is 1. The van der Waals surface area contributed by atoms with E-state index in [9.17, 15) is 0 Å². The third kappa shape index (κ3) is 2.76. The van der Waals surface area contributed by atoms with Gasteiger partial charge in [0.05, 0.1) is 0 Å². The van der Waals surface area contributed by atoms with Crippen LogP contribution in [0.15, 0.2) is 26.6 Å². The summed E-state index contributed by atoms with van der Waals surface area (Å²) in [6, 6.07) is 6.07. The summed E-state index contributed by atoms with van der Waals surface area (Å²) in [5.41, 5.74) is 2.20. The Morgan fingerprint density at radius 2 is 2.07 bits per heavy atom. The molecular weight excluding hydrogens is 342 g/mol. The van der Waals surface area contributed by atoms with Crippen LogP contribution in [0.5, 0.6) is 0 Å². The summed E-state index contributed by atoms with van der Waals surface area (Å²) in [4.78, 5) is 0. The summed E-state index contributed by atoms with van der Waals surface area (Å²) in [5.74, 6) is 0. The summed E-state index contributed by atoms with van der Waals surface area (Å²) < 4.78 is 1.85. The van der Waals surface area contributed by atoms with E-state index in [1.54, 1.807) is 0 Å². The van der Waals surface area contributed by atoms with E-state index < -0.39 is 0 Å². The maximum Gasteiger partial charge on any atom is 0.210 e. The number of rotatable bonds is 2. The zero-order valence-electron chi connectivity index (χ0n) is 7.79. The van der Waals surface area contributed by atoms with Crippen LogP contribution in [0, 0.1) is 6.92 Å². The van der Waals surface area contributed by atoms with Gasteiger partial charge < -0.3 is 5.32 Å². The summed E-state index contributed by atoms with van der Waals surface area (Å²) in [5, 5.41) is 11.8. The van der Waals surface area contributed by atoms with Gasteiger partial charge in [0.25, 0.3) is 0 Å². The summed E-state index contributed by atoms with van der Waals surface area (Å²) >= 11 is 8.21. The van der Waals surface area contributed by atoms with Crippen molar-refractivity contribution in [3.63, 3.8) is 0 Å². The highest BCUT2D eigenvalue weighted by atomic mass is 79.9. The van der Waals surface area contributed by atoms with Crippen molar-refractivity contribution in [1.29, 1.82) is 0 Å². The van der Waals surface area contributed by atoms with Crippen molar-refractivity contribution in [3.05, 3.63) is 32.2 Å². The third-order valence-electron chi connectivity index (χ3n) is 1.82. The molecule has 1 aromatic carbocycles. The molecule has 2 rings (SSSR count). The van der Waals surface area contributed by atoms with Crippen LogP contribution in [0.1, 0.15) is 5.56 Å². The van der Waals surface area contributed by atoms with Gasteiger partial charge in [-0.1, -0.05) is 33.3 Å². The lowest BCUT2D eigenvalue weighted by Crippen LogP contribution is -1.89. The van der Waals surface area contributed by atoms with Gasteiger partial charge in [-0.05, 0) is 40.5 Å². The van der Waals surface area contributed by atoms with Gasteiger partial charge in [-0.2, -0.15) is 0 Å². The molecule has 0 aliphatic rings. The molecular formula is C9H7Br2N3S. The predicted octanol–water partition coefficient (Wildman–Crippen LogP) is 4.12. The maximum atomic E-state index is 3.96. The minimum absolute atomic E-state index is 0.774. The molecule has 1 aromatic heterocycles. The molecule has 0 fully saturated rings. The number of nitrogens with zero attached hydrogens (tertiary/aromatic N) is 2. The normalized spacial score (nSPS) is 10.3. The number of hydrogen-bond acceptors (Lipinski definition) is 4. The first-order chi connectivity index (χ1) is 7.15. The molecule has 0 radical (unpaired) electrons. The fourth-order valence-corrected chi connectivity index (χ4v) is 2.46. The number of anilines is 2. The Labute approximate surface area is 108 Å². The quantitative estimate of drug-likeness (QED) is 0.887. The number of hydrogen-bond donors (Lipinski definition) is 1. The zero-order valence-corrected chi connectivity index (χ0v) is 11.8. The second-order valence-corrected chi connectivity index (χ2v) is 6.06. The summed E-state index contributed by atoms with van der Waals surface area (Å²) in [7, 11) is 0. The highest BCUT2D eigenvalue weighted by molar-refractivity contribution is 9.11. The Balaban J connectivity index is 2.21. The molecule has 3 nitrogen and oxygen atoms in total. The van der Waals surface area contributed by atoms with Crippen LogP contribution in [0.4, 0.5) is 10.8 Å². The van der Waals surface area contributed by atoms with E-state index in [4.69, 9.17) is 0 Å². The lowest BCUT2D eigenvalue weighted by Gasteiger charge is -2.03. The van der Waals surface area contributed by atoms with Gasteiger partial charge in [-0.25, -0.2) is 0 Å². The van der Waals surface area contributed by atoms with Crippen molar-refractivity contribution < 1.29 is 0 Å². The minimum atomic E-state index is 0.774. The number of nitrogens with one attached hydrogen (secondary N) is 1. The molecule has 0 aliphatic carbocycles. The molecule has 78 valence electrons. The van der Waals surface area contributed by atoms with Crippen LogP contribution in [0.3, 0.4) is 0 Å². The number of aromatic nitrogens is 2. The summed E-state index contributed by atoms with van der Waals surface area (Å²) in [6.07, 6.45) is 0. The van der Waals surface area contributed by atoms with E-state index in [0.717, 1.165) is 19.2 Å². The number of halogens is 2. The average molecular weight is 349 g/mol. The largest absolute Gasteiger partial charge is 0.330 e. The van der Waals surface area contributed by atoms with Crippen molar-refractivity contribution in [2.45, 2.75) is 6.92 Å². The van der Waals surface area contributed by atoms with Crippen molar-refractivity contribution in [3.8, 4) is 0 Å². The van der Waals surface area contributed by atoms with Crippen LogP contribution in [0.25, 0.3) is 0 Å². The van der Waals surface area contributed by atoms with E-state index in [0.29, 0.717) is 0 Å². The molecule has 2 aromatic rings. The van der Waals surface area contributed by atoms with Gasteiger partial charge in [-0.15, -0.1) is 10.2 Å². The van der Waals surface area contributed by atoms with Crippen molar-refractivity contribution in [1.82, 2.24) is 10.2 Å². The molecule has 0 saturated carbocycles. The first-order valence-electron chi connectivity index (χ1n) is 4.17. The highest BCUT2D eigenvalue weighted by Crippen LogP contribution is 2.26. The lowest BCUT2D eigenvalue weighted by atomic mass is 10.2. The average Bonchev–Trinajstić information content (AvgIpc) is 2.58. The topological polar surface area (TPSA) is 37.8 Å². The molecule has 6 heteroatoms.